The van der Waals surface area contributed by atoms with Crippen molar-refractivity contribution in [3.63, 3.8) is 0 Å². The molecule has 0 saturated heterocycles. The Labute approximate surface area is 269 Å². The molecule has 0 saturated carbocycles. The highest BCUT2D eigenvalue weighted by Crippen LogP contribution is 2.12. The molecule has 0 spiro atoms. The van der Waals surface area contributed by atoms with Crippen LogP contribution in [0.3, 0.4) is 0 Å². The van der Waals surface area contributed by atoms with E-state index in [1.54, 1.807) is 26.0 Å². The summed E-state index contributed by atoms with van der Waals surface area (Å²) >= 11 is 0. The van der Waals surface area contributed by atoms with Gasteiger partial charge in [0.15, 0.2) is 0 Å². The number of ether oxygens (including phenoxy) is 1. The van der Waals surface area contributed by atoms with Gasteiger partial charge < -0.3 is 31.3 Å². The Hall–Kier alpha value is -4.74. The van der Waals surface area contributed by atoms with Crippen molar-refractivity contribution in [2.75, 3.05) is 13.7 Å². The van der Waals surface area contributed by atoms with Crippen molar-refractivity contribution in [1.82, 2.24) is 26.6 Å². The van der Waals surface area contributed by atoms with E-state index in [0.717, 1.165) is 11.1 Å². The van der Waals surface area contributed by atoms with E-state index in [4.69, 9.17) is 4.74 Å². The number of rotatable bonds is 10. The van der Waals surface area contributed by atoms with Crippen molar-refractivity contribution in [3.05, 3.63) is 83.2 Å². The normalized spacial score (nSPS) is 19.3. The summed E-state index contributed by atoms with van der Waals surface area (Å²) in [4.78, 5) is 64.9. The molecule has 1 unspecified atom stereocenters. The Bertz CT molecular complexity index is 1400. The van der Waals surface area contributed by atoms with E-state index in [2.05, 4.69) is 26.6 Å². The lowest BCUT2D eigenvalue weighted by Crippen LogP contribution is -2.58. The number of hydrogen-bond donors (Lipinski definition) is 5. The molecule has 0 aliphatic carbocycles. The number of carbonyl (C=O) groups is 5. The third-order valence-corrected chi connectivity index (χ3v) is 7.59. The van der Waals surface area contributed by atoms with Crippen molar-refractivity contribution in [2.45, 2.75) is 77.0 Å². The maximum absolute atomic E-state index is 13.9. The summed E-state index contributed by atoms with van der Waals surface area (Å²) in [7, 11) is 1.23. The molecule has 2 aromatic carbocycles. The largest absolute Gasteiger partial charge is 0.467 e. The molecule has 4 atom stereocenters. The summed E-state index contributed by atoms with van der Waals surface area (Å²) in [6.07, 6.45) is 4.56. The van der Waals surface area contributed by atoms with Gasteiger partial charge in [0.1, 0.15) is 23.9 Å². The molecule has 248 valence electrons. The molecule has 0 radical (unpaired) electrons. The molecule has 0 aromatic heterocycles. The molecule has 0 bridgehead atoms. The van der Waals surface area contributed by atoms with Crippen LogP contribution in [0.5, 0.6) is 0 Å². The molecular formula is C34H44FN5O6. The highest BCUT2D eigenvalue weighted by molar-refractivity contribution is 5.93. The van der Waals surface area contributed by atoms with Crippen molar-refractivity contribution in [2.24, 2.45) is 5.92 Å². The second-order valence-corrected chi connectivity index (χ2v) is 11.8. The Kier molecular flexibility index (Phi) is 13.7. The minimum absolute atomic E-state index is 0.120. The van der Waals surface area contributed by atoms with Crippen molar-refractivity contribution in [1.29, 1.82) is 0 Å². The average molecular weight is 638 g/mol. The lowest BCUT2D eigenvalue weighted by atomic mass is 10.0. The van der Waals surface area contributed by atoms with Crippen LogP contribution in [0.1, 0.15) is 49.8 Å². The maximum atomic E-state index is 13.9. The molecule has 3 rings (SSSR count). The minimum Gasteiger partial charge on any atom is -0.467 e. The van der Waals surface area contributed by atoms with Gasteiger partial charge in [0.2, 0.25) is 17.7 Å². The number of amides is 5. The van der Waals surface area contributed by atoms with Crippen LogP contribution in [0.15, 0.2) is 60.7 Å². The lowest BCUT2D eigenvalue weighted by molar-refractivity contribution is -0.144. The number of nitrogens with one attached hydrogen (secondary N) is 5. The molecule has 5 amide bonds. The van der Waals surface area contributed by atoms with Gasteiger partial charge in [0, 0.05) is 19.0 Å². The second-order valence-electron chi connectivity index (χ2n) is 11.8. The Morgan fingerprint density at radius 1 is 1.02 bits per heavy atom. The summed E-state index contributed by atoms with van der Waals surface area (Å²) in [5.41, 5.74) is 2.41. The van der Waals surface area contributed by atoms with Crippen LogP contribution in [-0.2, 0) is 36.8 Å². The highest BCUT2D eigenvalue weighted by atomic mass is 19.1. The first-order chi connectivity index (χ1) is 21.9. The van der Waals surface area contributed by atoms with Crippen molar-refractivity contribution >= 4 is 29.7 Å². The zero-order valence-electron chi connectivity index (χ0n) is 26.7. The van der Waals surface area contributed by atoms with Gasteiger partial charge in [-0.25, -0.2) is 14.0 Å². The first kappa shape index (κ1) is 35.7. The number of carbonyl (C=O) groups excluding carboxylic acids is 5. The van der Waals surface area contributed by atoms with Gasteiger partial charge in [-0.2, -0.15) is 0 Å². The van der Waals surface area contributed by atoms with Crippen LogP contribution in [-0.4, -0.2) is 67.5 Å². The molecule has 0 fully saturated rings. The number of benzene rings is 2. The summed E-state index contributed by atoms with van der Waals surface area (Å²) in [5, 5.41) is 13.7. The standard InChI is InChI=1S/C34H44FN5O6/c1-21(2)30(33(44)46-4)40-34(45)39-28(20-23-13-11-22(3)12-14-23)32(43)38-27-10-5-6-17-36-29(41)16-15-26(37-31(27)42)19-24-8-7-9-25(35)18-24/h7-9,11-16,18,21,26-28,30H,5-6,10,17,19-20H2,1-4H3,(H,36,41)(H,37,42)(H,38,43)(H2,39,40,45)/b16-15+/t26-,27+,28+,30?/m1/s1. The van der Waals surface area contributed by atoms with Gasteiger partial charge in [-0.1, -0.05) is 61.9 Å². The van der Waals surface area contributed by atoms with Gasteiger partial charge in [-0.05, 0) is 61.8 Å². The molecule has 1 aliphatic heterocycles. The quantitative estimate of drug-likeness (QED) is 0.253. The number of esters is 1. The zero-order valence-corrected chi connectivity index (χ0v) is 26.7. The van der Waals surface area contributed by atoms with Crippen LogP contribution in [0.4, 0.5) is 9.18 Å². The second kappa shape index (κ2) is 17.7. The summed E-state index contributed by atoms with van der Waals surface area (Å²) in [5.74, 6) is -2.70. The van der Waals surface area contributed by atoms with E-state index in [-0.39, 0.29) is 31.1 Å². The number of urea groups is 1. The monoisotopic (exact) mass is 637 g/mol. The van der Waals surface area contributed by atoms with Crippen LogP contribution in [0, 0.1) is 18.7 Å². The molecular weight excluding hydrogens is 593 g/mol. The van der Waals surface area contributed by atoms with E-state index in [9.17, 15) is 28.4 Å². The summed E-state index contributed by atoms with van der Waals surface area (Å²) < 4.78 is 18.7. The molecule has 2 aromatic rings. The van der Waals surface area contributed by atoms with Gasteiger partial charge in [-0.15, -0.1) is 0 Å². The number of halogens is 1. The van der Waals surface area contributed by atoms with Gasteiger partial charge >= 0.3 is 12.0 Å². The topological polar surface area (TPSA) is 155 Å². The fraction of sp³-hybridized carbons (Fsp3) is 0.441. The third kappa shape index (κ3) is 11.6. The summed E-state index contributed by atoms with van der Waals surface area (Å²) in [6.45, 7) is 5.82. The fourth-order valence-corrected chi connectivity index (χ4v) is 4.99. The third-order valence-electron chi connectivity index (χ3n) is 7.59. The highest BCUT2D eigenvalue weighted by Gasteiger charge is 2.30. The Morgan fingerprint density at radius 2 is 1.76 bits per heavy atom. The minimum atomic E-state index is -1.09. The van der Waals surface area contributed by atoms with E-state index < -0.39 is 53.8 Å². The maximum Gasteiger partial charge on any atom is 0.328 e. The van der Waals surface area contributed by atoms with Crippen molar-refractivity contribution in [3.8, 4) is 0 Å². The van der Waals surface area contributed by atoms with E-state index in [1.807, 2.05) is 31.2 Å². The van der Waals surface area contributed by atoms with Gasteiger partial charge in [-0.3, -0.25) is 14.4 Å². The Balaban J connectivity index is 1.82. The van der Waals surface area contributed by atoms with Crippen LogP contribution in [0.25, 0.3) is 0 Å². The first-order valence-corrected chi connectivity index (χ1v) is 15.5. The first-order valence-electron chi connectivity index (χ1n) is 15.5. The molecule has 1 heterocycles. The molecule has 5 N–H and O–H groups in total. The lowest BCUT2D eigenvalue weighted by Gasteiger charge is -2.26. The zero-order chi connectivity index (χ0) is 33.6. The van der Waals surface area contributed by atoms with Gasteiger partial charge in [0.05, 0.1) is 13.2 Å². The molecule has 12 heteroatoms. The molecule has 46 heavy (non-hydrogen) atoms. The molecule has 1 aliphatic rings. The average Bonchev–Trinajstić information content (AvgIpc) is 3.01. The SMILES string of the molecule is COC(=O)C(NC(=O)N[C@@H](Cc1ccc(C)cc1)C(=O)N[C@H]1CCCCNC(=O)/C=C/[C@H](Cc2cccc(F)c2)NC1=O)C(C)C. The summed E-state index contributed by atoms with van der Waals surface area (Å²) in [6, 6.07) is 9.03. The number of hydrogen-bond acceptors (Lipinski definition) is 6. The fourth-order valence-electron chi connectivity index (χ4n) is 4.99. The van der Waals surface area contributed by atoms with Crippen LogP contribution >= 0.6 is 0 Å². The number of methoxy groups -OCH3 is 1. The molecule has 11 nitrogen and oxygen atoms in total. The van der Waals surface area contributed by atoms with Gasteiger partial charge in [0.25, 0.3) is 0 Å². The Morgan fingerprint density at radius 3 is 2.43 bits per heavy atom. The van der Waals surface area contributed by atoms with Crippen molar-refractivity contribution < 1.29 is 33.1 Å². The van der Waals surface area contributed by atoms with Crippen LogP contribution in [0.2, 0.25) is 0 Å². The smallest absolute Gasteiger partial charge is 0.328 e. The number of aryl methyl sites for hydroxylation is 1. The van der Waals surface area contributed by atoms with E-state index in [0.29, 0.717) is 24.9 Å². The predicted octanol–water partition coefficient (Wildman–Crippen LogP) is 2.61. The van der Waals surface area contributed by atoms with E-state index >= 15 is 0 Å². The van der Waals surface area contributed by atoms with Crippen LogP contribution < -0.4 is 26.6 Å². The van der Waals surface area contributed by atoms with E-state index in [1.165, 1.54) is 31.4 Å². The predicted molar refractivity (Wildman–Crippen MR) is 171 cm³/mol.